The van der Waals surface area contributed by atoms with Gasteiger partial charge in [-0.25, -0.2) is 4.98 Å². The molecule has 0 bridgehead atoms. The van der Waals surface area contributed by atoms with Crippen molar-refractivity contribution in [2.75, 3.05) is 20.9 Å². The van der Waals surface area contributed by atoms with E-state index in [0.29, 0.717) is 6.73 Å². The zero-order valence-electron chi connectivity index (χ0n) is 10.0. The number of aliphatic imine (C=N–C) groups is 2. The van der Waals surface area contributed by atoms with Crippen LogP contribution >= 0.6 is 11.3 Å². The van der Waals surface area contributed by atoms with Crippen molar-refractivity contribution in [2.45, 2.75) is 6.54 Å². The molecule has 6 heteroatoms. The van der Waals surface area contributed by atoms with Crippen molar-refractivity contribution in [3.63, 3.8) is 0 Å². The van der Waals surface area contributed by atoms with Gasteiger partial charge in [0.2, 0.25) is 0 Å². The van der Waals surface area contributed by atoms with Crippen molar-refractivity contribution in [3.8, 4) is 0 Å². The average molecular weight is 252 g/mol. The quantitative estimate of drug-likeness (QED) is 0.749. The molecule has 0 aromatic carbocycles. The topological polar surface area (TPSA) is 58.9 Å². The molecular formula is C11H16N4OS. The third kappa shape index (κ3) is 4.56. The lowest BCUT2D eigenvalue weighted by atomic mass is 10.3. The summed E-state index contributed by atoms with van der Waals surface area (Å²) in [5.74, 6) is 0. The number of aromatic nitrogens is 1. The highest BCUT2D eigenvalue weighted by atomic mass is 32.1. The second-order valence-electron chi connectivity index (χ2n) is 3.16. The zero-order valence-corrected chi connectivity index (χ0v) is 10.8. The Morgan fingerprint density at radius 2 is 2.53 bits per heavy atom. The molecule has 0 aliphatic carbocycles. The number of nitrogens with zero attached hydrogens (tertiary/aromatic N) is 3. The van der Waals surface area contributed by atoms with E-state index in [4.69, 9.17) is 4.74 Å². The Hall–Kier alpha value is -1.37. The van der Waals surface area contributed by atoms with Crippen LogP contribution in [0.1, 0.15) is 9.88 Å². The van der Waals surface area contributed by atoms with Gasteiger partial charge in [0.25, 0.3) is 0 Å². The van der Waals surface area contributed by atoms with Crippen LogP contribution in [0.25, 0.3) is 5.57 Å². The number of methoxy groups -OCH3 is 1. The van der Waals surface area contributed by atoms with Gasteiger partial charge in [0.15, 0.2) is 0 Å². The molecule has 1 rings (SSSR count). The molecule has 1 aromatic heterocycles. The molecule has 5 nitrogen and oxygen atoms in total. The molecule has 0 spiro atoms. The number of rotatable bonds is 7. The van der Waals surface area contributed by atoms with E-state index in [2.05, 4.69) is 27.0 Å². The minimum absolute atomic E-state index is 0.323. The van der Waals surface area contributed by atoms with Crippen molar-refractivity contribution in [2.24, 2.45) is 9.98 Å². The molecular weight excluding hydrogens is 236 g/mol. The minimum Gasteiger partial charge on any atom is -0.363 e. The molecule has 1 heterocycles. The highest BCUT2D eigenvalue weighted by molar-refractivity contribution is 7.13. The van der Waals surface area contributed by atoms with Crippen molar-refractivity contribution < 1.29 is 4.74 Å². The summed E-state index contributed by atoms with van der Waals surface area (Å²) in [6.45, 7) is 4.57. The van der Waals surface area contributed by atoms with Crippen LogP contribution in [-0.2, 0) is 11.3 Å². The van der Waals surface area contributed by atoms with E-state index in [0.717, 1.165) is 22.0 Å². The number of thiazole rings is 1. The first kappa shape index (κ1) is 13.7. The summed E-state index contributed by atoms with van der Waals surface area (Å²) in [5, 5.41) is 3.96. The Labute approximate surface area is 105 Å². The van der Waals surface area contributed by atoms with Crippen molar-refractivity contribution in [3.05, 3.63) is 22.3 Å². The fourth-order valence-corrected chi connectivity index (χ4v) is 2.05. The molecule has 1 N–H and O–H groups in total. The Morgan fingerprint density at radius 1 is 1.71 bits per heavy atom. The van der Waals surface area contributed by atoms with Crippen LogP contribution < -0.4 is 5.32 Å². The molecule has 0 unspecified atom stereocenters. The summed E-state index contributed by atoms with van der Waals surface area (Å²) in [5.41, 5.74) is 0.837. The predicted molar refractivity (Wildman–Crippen MR) is 72.8 cm³/mol. The standard InChI is InChI=1S/C11H16N4OS/c1-12-4-9(5-14-8-16-3)11-15-7-10(17-11)6-13-2/h4-5,7,13H,1,6,8H2,2-3H3/b9-4+,14-5-. The Kier molecular flexibility index (Phi) is 6.31. The summed E-state index contributed by atoms with van der Waals surface area (Å²) < 4.78 is 4.85. The molecule has 0 saturated heterocycles. The summed E-state index contributed by atoms with van der Waals surface area (Å²) in [7, 11) is 3.50. The second-order valence-corrected chi connectivity index (χ2v) is 4.27. The third-order valence-corrected chi connectivity index (χ3v) is 2.86. The lowest BCUT2D eigenvalue weighted by molar-refractivity contribution is 0.209. The van der Waals surface area contributed by atoms with Crippen molar-refractivity contribution in [1.82, 2.24) is 10.3 Å². The first-order valence-corrected chi connectivity index (χ1v) is 5.88. The largest absolute Gasteiger partial charge is 0.363 e. The number of ether oxygens (including phenoxy) is 1. The Bertz CT molecular complexity index is 411. The van der Waals surface area contributed by atoms with Crippen LogP contribution in [0.3, 0.4) is 0 Å². The molecule has 1 aromatic rings. The van der Waals surface area contributed by atoms with Gasteiger partial charge in [-0.3, -0.25) is 9.98 Å². The summed E-state index contributed by atoms with van der Waals surface area (Å²) in [6, 6.07) is 0. The van der Waals surface area contributed by atoms with E-state index >= 15 is 0 Å². The molecule has 17 heavy (non-hydrogen) atoms. The van der Waals surface area contributed by atoms with Crippen LogP contribution in [-0.4, -0.2) is 38.8 Å². The molecule has 0 fully saturated rings. The zero-order chi connectivity index (χ0) is 12.5. The molecule has 0 amide bonds. The van der Waals surface area contributed by atoms with Gasteiger partial charge >= 0.3 is 0 Å². The fraction of sp³-hybridized carbons (Fsp3) is 0.364. The van der Waals surface area contributed by atoms with Crippen LogP contribution in [0.4, 0.5) is 0 Å². The normalized spacial score (nSPS) is 12.2. The highest BCUT2D eigenvalue weighted by Gasteiger charge is 2.05. The van der Waals surface area contributed by atoms with Gasteiger partial charge in [0.1, 0.15) is 11.7 Å². The van der Waals surface area contributed by atoms with E-state index in [1.165, 1.54) is 0 Å². The van der Waals surface area contributed by atoms with Crippen molar-refractivity contribution in [1.29, 1.82) is 0 Å². The fourth-order valence-electron chi connectivity index (χ4n) is 1.15. The SMILES string of the molecule is C=N/C=C(\C=N/COC)c1ncc(CNC)s1. The average Bonchev–Trinajstić information content (AvgIpc) is 2.77. The van der Waals surface area contributed by atoms with E-state index in [1.54, 1.807) is 30.9 Å². The van der Waals surface area contributed by atoms with Gasteiger partial charge in [0.05, 0.1) is 0 Å². The minimum atomic E-state index is 0.323. The highest BCUT2D eigenvalue weighted by Crippen LogP contribution is 2.20. The van der Waals surface area contributed by atoms with E-state index in [9.17, 15) is 0 Å². The van der Waals surface area contributed by atoms with Gasteiger partial charge in [-0.15, -0.1) is 11.3 Å². The van der Waals surface area contributed by atoms with E-state index in [-0.39, 0.29) is 0 Å². The van der Waals surface area contributed by atoms with Gasteiger partial charge < -0.3 is 10.1 Å². The smallest absolute Gasteiger partial charge is 0.137 e. The summed E-state index contributed by atoms with van der Waals surface area (Å²) in [6.07, 6.45) is 5.18. The third-order valence-electron chi connectivity index (χ3n) is 1.82. The van der Waals surface area contributed by atoms with Gasteiger partial charge in [-0.1, -0.05) is 0 Å². The molecule has 92 valence electrons. The summed E-state index contributed by atoms with van der Waals surface area (Å²) in [4.78, 5) is 13.3. The maximum atomic E-state index is 4.85. The summed E-state index contributed by atoms with van der Waals surface area (Å²) >= 11 is 1.60. The van der Waals surface area contributed by atoms with E-state index < -0.39 is 0 Å². The lowest BCUT2D eigenvalue weighted by Gasteiger charge is -1.95. The Morgan fingerprint density at radius 3 is 3.18 bits per heavy atom. The van der Waals surface area contributed by atoms with E-state index in [1.807, 2.05) is 13.2 Å². The maximum Gasteiger partial charge on any atom is 0.137 e. The molecule has 0 aliphatic heterocycles. The van der Waals surface area contributed by atoms with Crippen LogP contribution in [0.5, 0.6) is 0 Å². The molecule has 0 aliphatic rings. The van der Waals surface area contributed by atoms with Gasteiger partial charge in [-0.2, -0.15) is 0 Å². The van der Waals surface area contributed by atoms with Gasteiger partial charge in [-0.05, 0) is 13.8 Å². The van der Waals surface area contributed by atoms with Crippen LogP contribution in [0, 0.1) is 0 Å². The first-order valence-electron chi connectivity index (χ1n) is 5.06. The number of hydrogen-bond donors (Lipinski definition) is 1. The molecule has 0 radical (unpaired) electrons. The lowest BCUT2D eigenvalue weighted by Crippen LogP contribution is -2.02. The monoisotopic (exact) mass is 252 g/mol. The Balaban J connectivity index is 2.82. The van der Waals surface area contributed by atoms with Gasteiger partial charge in [0, 0.05) is 42.7 Å². The number of nitrogens with one attached hydrogen (secondary N) is 1. The number of hydrogen-bond acceptors (Lipinski definition) is 6. The predicted octanol–water partition coefficient (Wildman–Crippen LogP) is 1.58. The van der Waals surface area contributed by atoms with Crippen molar-refractivity contribution >= 4 is 29.8 Å². The second kappa shape index (κ2) is 7.83. The first-order chi connectivity index (χ1) is 8.31. The number of allylic oxidation sites excluding steroid dienone is 1. The van der Waals surface area contributed by atoms with Crippen LogP contribution in [0.15, 0.2) is 22.4 Å². The molecule has 0 saturated carbocycles. The van der Waals surface area contributed by atoms with Crippen LogP contribution in [0.2, 0.25) is 0 Å². The maximum absolute atomic E-state index is 4.85. The molecule has 0 atom stereocenters.